The molecule has 122 valence electrons. The van der Waals surface area contributed by atoms with E-state index in [9.17, 15) is 4.79 Å². The molecule has 1 heterocycles. The summed E-state index contributed by atoms with van der Waals surface area (Å²) >= 11 is 0. The van der Waals surface area contributed by atoms with Crippen molar-refractivity contribution in [3.05, 3.63) is 59.2 Å². The van der Waals surface area contributed by atoms with Gasteiger partial charge in [-0.1, -0.05) is 47.5 Å². The number of nitrogens with zero attached hydrogens (tertiary/aromatic N) is 4. The molecule has 3 aromatic rings. The van der Waals surface area contributed by atoms with E-state index in [-0.39, 0.29) is 12.5 Å². The summed E-state index contributed by atoms with van der Waals surface area (Å²) in [5.74, 6) is 0.323. The lowest BCUT2D eigenvalue weighted by Gasteiger charge is -2.08. The number of carbonyl (C=O) groups is 1. The van der Waals surface area contributed by atoms with Crippen molar-refractivity contribution in [3.8, 4) is 11.4 Å². The van der Waals surface area contributed by atoms with Gasteiger partial charge in [-0.2, -0.15) is 4.80 Å². The first-order valence-corrected chi connectivity index (χ1v) is 7.73. The lowest BCUT2D eigenvalue weighted by atomic mass is 10.1. The minimum Gasteiger partial charge on any atom is -0.324 e. The molecule has 6 nitrogen and oxygen atoms in total. The summed E-state index contributed by atoms with van der Waals surface area (Å²) in [6, 6.07) is 13.7. The zero-order chi connectivity index (χ0) is 17.1. The Balaban J connectivity index is 1.68. The highest BCUT2D eigenvalue weighted by Crippen LogP contribution is 2.16. The van der Waals surface area contributed by atoms with Gasteiger partial charge in [-0.25, -0.2) is 0 Å². The van der Waals surface area contributed by atoms with E-state index in [4.69, 9.17) is 0 Å². The van der Waals surface area contributed by atoms with Crippen LogP contribution in [-0.4, -0.2) is 26.1 Å². The maximum atomic E-state index is 12.2. The van der Waals surface area contributed by atoms with Crippen LogP contribution < -0.4 is 5.32 Å². The number of tetrazole rings is 1. The fourth-order valence-electron chi connectivity index (χ4n) is 2.40. The minimum absolute atomic E-state index is 0.0200. The smallest absolute Gasteiger partial charge is 0.248 e. The Bertz CT molecular complexity index is 867. The molecule has 0 saturated carbocycles. The Kier molecular flexibility index (Phi) is 4.37. The van der Waals surface area contributed by atoms with E-state index in [2.05, 4.69) is 20.7 Å². The van der Waals surface area contributed by atoms with Crippen LogP contribution in [-0.2, 0) is 11.3 Å². The van der Waals surface area contributed by atoms with Crippen LogP contribution >= 0.6 is 0 Å². The first-order chi connectivity index (χ1) is 11.5. The van der Waals surface area contributed by atoms with Crippen molar-refractivity contribution < 1.29 is 4.79 Å². The Morgan fingerprint density at radius 1 is 1.04 bits per heavy atom. The molecule has 3 rings (SSSR count). The summed E-state index contributed by atoms with van der Waals surface area (Å²) in [4.78, 5) is 13.5. The van der Waals surface area contributed by atoms with E-state index in [1.807, 2.05) is 63.2 Å². The van der Waals surface area contributed by atoms with Crippen LogP contribution in [0.15, 0.2) is 42.5 Å². The lowest BCUT2D eigenvalue weighted by molar-refractivity contribution is -0.117. The molecule has 0 aliphatic heterocycles. The molecule has 0 saturated heterocycles. The Labute approximate surface area is 140 Å². The molecule has 1 N–H and O–H groups in total. The molecule has 1 aromatic heterocycles. The summed E-state index contributed by atoms with van der Waals surface area (Å²) < 4.78 is 0. The molecular formula is C18H19N5O. The normalized spacial score (nSPS) is 10.6. The summed E-state index contributed by atoms with van der Waals surface area (Å²) in [5.41, 5.74) is 5.02. The monoisotopic (exact) mass is 321 g/mol. The minimum atomic E-state index is -0.185. The zero-order valence-corrected chi connectivity index (χ0v) is 13.9. The predicted octanol–water partition coefficient (Wildman–Crippen LogP) is 2.90. The highest BCUT2D eigenvalue weighted by molar-refractivity contribution is 5.91. The highest BCUT2D eigenvalue weighted by atomic mass is 16.2. The summed E-state index contributed by atoms with van der Waals surface area (Å²) in [5, 5.41) is 15.1. The van der Waals surface area contributed by atoms with Crippen molar-refractivity contribution in [2.24, 2.45) is 0 Å². The largest absolute Gasteiger partial charge is 0.324 e. The summed E-state index contributed by atoms with van der Waals surface area (Å²) in [6.07, 6.45) is 0. The molecule has 0 atom stereocenters. The maximum Gasteiger partial charge on any atom is 0.248 e. The van der Waals surface area contributed by atoms with Gasteiger partial charge in [-0.3, -0.25) is 4.79 Å². The third-order valence-corrected chi connectivity index (χ3v) is 3.70. The quantitative estimate of drug-likeness (QED) is 0.802. The third kappa shape index (κ3) is 3.65. The van der Waals surface area contributed by atoms with Crippen molar-refractivity contribution >= 4 is 11.6 Å². The van der Waals surface area contributed by atoms with Gasteiger partial charge in [0.2, 0.25) is 11.7 Å². The van der Waals surface area contributed by atoms with Crippen LogP contribution in [0.5, 0.6) is 0 Å². The number of hydrogen-bond acceptors (Lipinski definition) is 4. The van der Waals surface area contributed by atoms with Crippen molar-refractivity contribution in [3.63, 3.8) is 0 Å². The van der Waals surface area contributed by atoms with E-state index in [1.54, 1.807) is 0 Å². The molecule has 0 fully saturated rings. The number of aryl methyl sites for hydroxylation is 3. The number of rotatable bonds is 4. The second-order valence-corrected chi connectivity index (χ2v) is 5.88. The SMILES string of the molecule is Cc1ccc(-c2nnn(CC(=O)Nc3ccc(C)cc3C)n2)cc1. The Morgan fingerprint density at radius 3 is 2.46 bits per heavy atom. The molecule has 1 amide bonds. The average molecular weight is 321 g/mol. The van der Waals surface area contributed by atoms with Crippen LogP contribution in [0.2, 0.25) is 0 Å². The number of benzene rings is 2. The van der Waals surface area contributed by atoms with E-state index >= 15 is 0 Å². The van der Waals surface area contributed by atoms with Crippen molar-refractivity contribution in [2.75, 3.05) is 5.32 Å². The number of amides is 1. The van der Waals surface area contributed by atoms with Gasteiger partial charge < -0.3 is 5.32 Å². The molecule has 0 spiro atoms. The van der Waals surface area contributed by atoms with Gasteiger partial charge in [0.05, 0.1) is 0 Å². The molecule has 0 bridgehead atoms. The van der Waals surface area contributed by atoms with E-state index < -0.39 is 0 Å². The molecule has 6 heteroatoms. The topological polar surface area (TPSA) is 72.7 Å². The van der Waals surface area contributed by atoms with Crippen molar-refractivity contribution in [2.45, 2.75) is 27.3 Å². The second-order valence-electron chi connectivity index (χ2n) is 5.88. The number of nitrogens with one attached hydrogen (secondary N) is 1. The third-order valence-electron chi connectivity index (χ3n) is 3.70. The second kappa shape index (κ2) is 6.62. The Hall–Kier alpha value is -3.02. The van der Waals surface area contributed by atoms with Gasteiger partial charge in [-0.15, -0.1) is 10.2 Å². The molecule has 2 aromatic carbocycles. The number of anilines is 1. The van der Waals surface area contributed by atoms with E-state index in [0.29, 0.717) is 5.82 Å². The highest BCUT2D eigenvalue weighted by Gasteiger charge is 2.10. The van der Waals surface area contributed by atoms with Gasteiger partial charge in [0.15, 0.2) is 0 Å². The summed E-state index contributed by atoms with van der Waals surface area (Å²) in [6.45, 7) is 6.02. The van der Waals surface area contributed by atoms with E-state index in [1.165, 1.54) is 10.4 Å². The fourth-order valence-corrected chi connectivity index (χ4v) is 2.40. The molecule has 0 radical (unpaired) electrons. The van der Waals surface area contributed by atoms with Crippen molar-refractivity contribution in [1.29, 1.82) is 0 Å². The van der Waals surface area contributed by atoms with Gasteiger partial charge >= 0.3 is 0 Å². The average Bonchev–Trinajstić information content (AvgIpc) is 2.99. The van der Waals surface area contributed by atoms with Gasteiger partial charge in [0, 0.05) is 11.3 Å². The van der Waals surface area contributed by atoms with Crippen LogP contribution in [0.3, 0.4) is 0 Å². The molecule has 24 heavy (non-hydrogen) atoms. The van der Waals surface area contributed by atoms with Crippen molar-refractivity contribution in [1.82, 2.24) is 20.2 Å². The van der Waals surface area contributed by atoms with Gasteiger partial charge in [0.1, 0.15) is 6.54 Å². The molecule has 0 aliphatic carbocycles. The first-order valence-electron chi connectivity index (χ1n) is 7.73. The maximum absolute atomic E-state index is 12.2. The number of aromatic nitrogens is 4. The molecule has 0 aliphatic rings. The zero-order valence-electron chi connectivity index (χ0n) is 13.9. The van der Waals surface area contributed by atoms with E-state index in [0.717, 1.165) is 22.4 Å². The molecule has 0 unspecified atom stereocenters. The lowest BCUT2D eigenvalue weighted by Crippen LogP contribution is -2.21. The fraction of sp³-hybridized carbons (Fsp3) is 0.222. The number of carbonyl (C=O) groups excluding carboxylic acids is 1. The van der Waals surface area contributed by atoms with Crippen LogP contribution in [0, 0.1) is 20.8 Å². The van der Waals surface area contributed by atoms with Gasteiger partial charge in [0.25, 0.3) is 0 Å². The summed E-state index contributed by atoms with van der Waals surface area (Å²) in [7, 11) is 0. The van der Waals surface area contributed by atoms with Gasteiger partial charge in [-0.05, 0) is 37.6 Å². The molecular weight excluding hydrogens is 302 g/mol. The predicted molar refractivity (Wildman–Crippen MR) is 92.5 cm³/mol. The Morgan fingerprint density at radius 2 is 1.75 bits per heavy atom. The van der Waals surface area contributed by atoms with Crippen LogP contribution in [0.4, 0.5) is 5.69 Å². The first kappa shape index (κ1) is 15.9. The van der Waals surface area contributed by atoms with Crippen LogP contribution in [0.1, 0.15) is 16.7 Å². The standard InChI is InChI=1S/C18H19N5O/c1-12-4-7-15(8-5-12)18-20-22-23(21-18)11-17(24)19-16-9-6-13(2)10-14(16)3/h4-10H,11H2,1-3H3,(H,19,24). The number of hydrogen-bond donors (Lipinski definition) is 1. The van der Waals surface area contributed by atoms with Crippen LogP contribution in [0.25, 0.3) is 11.4 Å².